The van der Waals surface area contributed by atoms with Crippen molar-refractivity contribution in [3.8, 4) is 0 Å². The number of hydrogen-bond acceptors (Lipinski definition) is 10. The quantitative estimate of drug-likeness (QED) is 0.222. The number of anilines is 1. The van der Waals surface area contributed by atoms with Crippen LogP contribution in [-0.4, -0.2) is 74.3 Å². The number of carbonyl (C=O) groups is 3. The summed E-state index contributed by atoms with van der Waals surface area (Å²) in [6.07, 6.45) is 3.13. The molecule has 2 amide bonds. The van der Waals surface area contributed by atoms with Gasteiger partial charge in [-0.2, -0.15) is 0 Å². The highest BCUT2D eigenvalue weighted by atomic mass is 32.2. The number of amides is 2. The molecule has 2 fully saturated rings. The maximum atomic E-state index is 13.0. The topological polar surface area (TPSA) is 159 Å². The molecule has 1 saturated carbocycles. The zero-order valence-corrected chi connectivity index (χ0v) is 19.0. The lowest BCUT2D eigenvalue weighted by molar-refractivity contribution is -0.178. The Morgan fingerprint density at radius 2 is 2.25 bits per heavy atom. The molecule has 3 aliphatic rings. The van der Waals surface area contributed by atoms with Crippen molar-refractivity contribution in [1.82, 2.24) is 20.5 Å². The number of β-lactam (4-membered cyclic amide) rings is 1. The Hall–Kier alpha value is -2.64. The van der Waals surface area contributed by atoms with E-state index in [1.165, 1.54) is 5.38 Å². The van der Waals surface area contributed by atoms with Gasteiger partial charge in [0.05, 0.1) is 0 Å². The van der Waals surface area contributed by atoms with Gasteiger partial charge < -0.3 is 31.2 Å². The minimum Gasteiger partial charge on any atom is -0.478 e. The number of nitrogens with zero attached hydrogens (tertiary/aromatic N) is 3. The van der Waals surface area contributed by atoms with Crippen LogP contribution >= 0.6 is 23.1 Å². The van der Waals surface area contributed by atoms with E-state index in [2.05, 4.69) is 20.8 Å². The SMILES string of the molecule is CCNCC1=CN2C(=O)C(NC(=O)/C(=N\OC3(C(=O)O)CCC3)c3csc(N)n3)[C@@H]2SC1. The van der Waals surface area contributed by atoms with Crippen LogP contribution in [0.5, 0.6) is 0 Å². The molecule has 32 heavy (non-hydrogen) atoms. The first kappa shape index (κ1) is 22.6. The number of nitrogen functional groups attached to an aromatic ring is 1. The van der Waals surface area contributed by atoms with Gasteiger partial charge in [0.25, 0.3) is 11.8 Å². The molecule has 1 aliphatic carbocycles. The number of fused-ring (bicyclic) bond motifs is 1. The Morgan fingerprint density at radius 1 is 1.47 bits per heavy atom. The molecule has 1 unspecified atom stereocenters. The second-order valence-corrected chi connectivity index (χ2v) is 9.72. The second kappa shape index (κ2) is 9.08. The van der Waals surface area contributed by atoms with Crippen molar-refractivity contribution >= 4 is 51.7 Å². The highest BCUT2D eigenvalue weighted by molar-refractivity contribution is 8.00. The summed E-state index contributed by atoms with van der Waals surface area (Å²) in [6, 6.07) is -0.720. The summed E-state index contributed by atoms with van der Waals surface area (Å²) in [4.78, 5) is 48.2. The van der Waals surface area contributed by atoms with Crippen molar-refractivity contribution in [2.75, 3.05) is 24.6 Å². The van der Waals surface area contributed by atoms with Gasteiger partial charge in [-0.15, -0.1) is 23.1 Å². The third-order valence-electron chi connectivity index (χ3n) is 5.57. The number of thioether (sulfide) groups is 1. The van der Waals surface area contributed by atoms with E-state index in [1.54, 1.807) is 16.7 Å². The number of oxime groups is 1. The summed E-state index contributed by atoms with van der Waals surface area (Å²) < 4.78 is 0. The molecule has 13 heteroatoms. The summed E-state index contributed by atoms with van der Waals surface area (Å²) in [5, 5.41) is 20.8. The van der Waals surface area contributed by atoms with E-state index < -0.39 is 23.5 Å². The van der Waals surface area contributed by atoms with Crippen LogP contribution in [-0.2, 0) is 19.2 Å². The van der Waals surface area contributed by atoms with Crippen LogP contribution in [0.1, 0.15) is 31.9 Å². The zero-order chi connectivity index (χ0) is 22.9. The molecule has 2 atom stereocenters. The van der Waals surface area contributed by atoms with Crippen LogP contribution in [0.2, 0.25) is 0 Å². The fourth-order valence-corrected chi connectivity index (χ4v) is 5.34. The number of nitrogens with one attached hydrogen (secondary N) is 2. The monoisotopic (exact) mass is 480 g/mol. The van der Waals surface area contributed by atoms with Gasteiger partial charge in [0.15, 0.2) is 10.8 Å². The number of carboxylic acids is 1. The Kier molecular flexibility index (Phi) is 6.40. The van der Waals surface area contributed by atoms with E-state index >= 15 is 0 Å². The van der Waals surface area contributed by atoms with Crippen molar-refractivity contribution in [3.63, 3.8) is 0 Å². The highest BCUT2D eigenvalue weighted by Crippen LogP contribution is 2.37. The number of thiazole rings is 1. The van der Waals surface area contributed by atoms with Crippen LogP contribution in [0.3, 0.4) is 0 Å². The van der Waals surface area contributed by atoms with Gasteiger partial charge in [0, 0.05) is 36.7 Å². The van der Waals surface area contributed by atoms with Gasteiger partial charge in [-0.05, 0) is 18.5 Å². The molecule has 2 aliphatic heterocycles. The summed E-state index contributed by atoms with van der Waals surface area (Å²) in [5.74, 6) is -1.27. The van der Waals surface area contributed by atoms with Crippen molar-refractivity contribution in [1.29, 1.82) is 0 Å². The molecule has 1 aromatic heterocycles. The van der Waals surface area contributed by atoms with Crippen LogP contribution in [0.15, 0.2) is 22.3 Å². The van der Waals surface area contributed by atoms with Gasteiger partial charge in [0.1, 0.15) is 17.1 Å². The molecular weight excluding hydrogens is 456 g/mol. The van der Waals surface area contributed by atoms with Crippen molar-refractivity contribution < 1.29 is 24.3 Å². The predicted octanol–water partition coefficient (Wildman–Crippen LogP) is 0.347. The lowest BCUT2D eigenvalue weighted by Gasteiger charge is -2.47. The maximum absolute atomic E-state index is 13.0. The molecule has 1 aromatic rings. The lowest BCUT2D eigenvalue weighted by atomic mass is 9.80. The van der Waals surface area contributed by atoms with Crippen molar-refractivity contribution in [2.24, 2.45) is 5.16 Å². The number of aromatic nitrogens is 1. The standard InChI is InChI=1S/C19H24N6O5S2/c1-2-21-6-10-7-25-15(27)13(16(25)31-8-10)23-14(26)12(11-9-32-18(20)22-11)24-30-19(17(28)29)4-3-5-19/h7,9,13,16,21H,2-6,8H2,1H3,(H2,20,22)(H,23,26)(H,28,29)/b24-12-/t13?,16-/m0/s1. The Labute approximate surface area is 192 Å². The van der Waals surface area contributed by atoms with Gasteiger partial charge in [0.2, 0.25) is 5.60 Å². The van der Waals surface area contributed by atoms with E-state index in [4.69, 9.17) is 10.6 Å². The Morgan fingerprint density at radius 3 is 2.84 bits per heavy atom. The Bertz CT molecular complexity index is 989. The maximum Gasteiger partial charge on any atom is 0.350 e. The van der Waals surface area contributed by atoms with Crippen molar-refractivity contribution in [2.45, 2.75) is 43.2 Å². The first-order chi connectivity index (χ1) is 15.3. The molecule has 3 heterocycles. The van der Waals surface area contributed by atoms with E-state index in [-0.39, 0.29) is 27.8 Å². The van der Waals surface area contributed by atoms with Crippen LogP contribution in [0.25, 0.3) is 0 Å². The first-order valence-corrected chi connectivity index (χ1v) is 12.1. The van der Waals surface area contributed by atoms with E-state index in [0.29, 0.717) is 25.8 Å². The summed E-state index contributed by atoms with van der Waals surface area (Å²) >= 11 is 2.69. The summed E-state index contributed by atoms with van der Waals surface area (Å²) in [5.41, 5.74) is 5.32. The smallest absolute Gasteiger partial charge is 0.350 e. The van der Waals surface area contributed by atoms with Gasteiger partial charge in [-0.1, -0.05) is 12.1 Å². The normalized spacial score (nSPS) is 24.0. The van der Waals surface area contributed by atoms with Crippen LogP contribution < -0.4 is 16.4 Å². The van der Waals surface area contributed by atoms with Gasteiger partial charge in [-0.25, -0.2) is 9.78 Å². The number of likely N-dealkylation sites (N-methyl/N-ethyl adjacent to an activating group) is 1. The lowest BCUT2D eigenvalue weighted by Crippen LogP contribution is -2.69. The third-order valence-corrected chi connectivity index (χ3v) is 7.62. The molecule has 1 saturated heterocycles. The molecule has 0 radical (unpaired) electrons. The number of carboxylic acid groups (broad SMARTS) is 1. The predicted molar refractivity (Wildman–Crippen MR) is 120 cm³/mol. The van der Waals surface area contributed by atoms with E-state index in [9.17, 15) is 19.5 Å². The molecule has 5 N–H and O–H groups in total. The van der Waals surface area contributed by atoms with E-state index in [1.807, 2.05) is 13.1 Å². The molecule has 0 aromatic carbocycles. The molecular formula is C19H24N6O5S2. The minimum atomic E-state index is -1.44. The molecule has 0 bridgehead atoms. The fraction of sp³-hybridized carbons (Fsp3) is 0.526. The second-order valence-electron chi connectivity index (χ2n) is 7.72. The Balaban J connectivity index is 1.48. The highest BCUT2D eigenvalue weighted by Gasteiger charge is 2.50. The van der Waals surface area contributed by atoms with Crippen molar-refractivity contribution in [3.05, 3.63) is 22.8 Å². The third kappa shape index (κ3) is 4.19. The molecule has 11 nitrogen and oxygen atoms in total. The van der Waals surface area contributed by atoms with Gasteiger partial charge >= 0.3 is 5.97 Å². The average molecular weight is 481 g/mol. The first-order valence-electron chi connectivity index (χ1n) is 10.2. The fourth-order valence-electron chi connectivity index (χ4n) is 3.53. The summed E-state index contributed by atoms with van der Waals surface area (Å²) in [7, 11) is 0. The number of carbonyl (C=O) groups excluding carboxylic acids is 2. The largest absolute Gasteiger partial charge is 0.478 e. The average Bonchev–Trinajstić information content (AvgIpc) is 3.17. The minimum absolute atomic E-state index is 0.164. The summed E-state index contributed by atoms with van der Waals surface area (Å²) in [6.45, 7) is 3.57. The molecule has 0 spiro atoms. The number of hydrogen-bond donors (Lipinski definition) is 4. The number of rotatable bonds is 9. The van der Waals surface area contributed by atoms with Crippen LogP contribution in [0.4, 0.5) is 5.13 Å². The molecule has 4 rings (SSSR count). The van der Waals surface area contributed by atoms with Gasteiger partial charge in [-0.3, -0.25) is 9.59 Å². The number of nitrogens with two attached hydrogens (primary N) is 1. The zero-order valence-electron chi connectivity index (χ0n) is 17.4. The van der Waals surface area contributed by atoms with Crippen LogP contribution in [0, 0.1) is 0 Å². The molecule has 172 valence electrons. The number of aliphatic carboxylic acids is 1. The van der Waals surface area contributed by atoms with E-state index in [0.717, 1.165) is 29.2 Å².